The molecule has 0 aliphatic heterocycles. The van der Waals surface area contributed by atoms with Crippen LogP contribution in [-0.2, 0) is 13.0 Å². The number of aliphatic hydroxyl groups is 1. The van der Waals surface area contributed by atoms with Gasteiger partial charge in [0.2, 0.25) is 0 Å². The lowest BCUT2D eigenvalue weighted by Crippen LogP contribution is -2.11. The van der Waals surface area contributed by atoms with Crippen molar-refractivity contribution in [1.82, 2.24) is 9.78 Å². The summed E-state index contributed by atoms with van der Waals surface area (Å²) < 4.78 is 1.90. The van der Waals surface area contributed by atoms with Crippen molar-refractivity contribution in [2.75, 3.05) is 0 Å². The highest BCUT2D eigenvalue weighted by atomic mass is 16.3. The molecular formula is C17H24N2O. The summed E-state index contributed by atoms with van der Waals surface area (Å²) in [5.74, 6) is 0.542. The summed E-state index contributed by atoms with van der Waals surface area (Å²) in [5, 5.41) is 14.7. The number of nitrogens with zero attached hydrogens (tertiary/aromatic N) is 2. The fourth-order valence-electron chi connectivity index (χ4n) is 2.39. The summed E-state index contributed by atoms with van der Waals surface area (Å²) in [4.78, 5) is 0. The minimum Gasteiger partial charge on any atom is -0.386 e. The molecule has 0 saturated heterocycles. The van der Waals surface area contributed by atoms with Gasteiger partial charge < -0.3 is 5.11 Å². The van der Waals surface area contributed by atoms with Crippen molar-refractivity contribution >= 4 is 0 Å². The second-order valence-corrected chi connectivity index (χ2v) is 5.60. The summed E-state index contributed by atoms with van der Waals surface area (Å²) in [6.07, 6.45) is 2.92. The third-order valence-corrected chi connectivity index (χ3v) is 3.60. The standard InChI is InChI=1S/C17H24N2O/c1-4-11-19-16(9-10-18-19)17(20)12-14-5-7-15(8-6-14)13(2)3/h5-10,13,17,20H,4,11-12H2,1-3H3. The quantitative estimate of drug-likeness (QED) is 0.871. The van der Waals surface area contributed by atoms with Gasteiger partial charge in [0.25, 0.3) is 0 Å². The van der Waals surface area contributed by atoms with Gasteiger partial charge in [-0.25, -0.2) is 0 Å². The Morgan fingerprint density at radius 1 is 1.15 bits per heavy atom. The zero-order valence-corrected chi connectivity index (χ0v) is 12.6. The van der Waals surface area contributed by atoms with Crippen LogP contribution < -0.4 is 0 Å². The average molecular weight is 272 g/mol. The lowest BCUT2D eigenvalue weighted by molar-refractivity contribution is 0.166. The van der Waals surface area contributed by atoms with E-state index in [0.717, 1.165) is 24.2 Å². The Morgan fingerprint density at radius 2 is 1.85 bits per heavy atom. The van der Waals surface area contributed by atoms with Crippen LogP contribution in [0.2, 0.25) is 0 Å². The van der Waals surface area contributed by atoms with Gasteiger partial charge in [-0.15, -0.1) is 0 Å². The van der Waals surface area contributed by atoms with Crippen molar-refractivity contribution in [2.24, 2.45) is 0 Å². The van der Waals surface area contributed by atoms with Crippen molar-refractivity contribution < 1.29 is 5.11 Å². The topological polar surface area (TPSA) is 38.0 Å². The van der Waals surface area contributed by atoms with E-state index in [0.29, 0.717) is 12.3 Å². The Balaban J connectivity index is 2.07. The first-order valence-corrected chi connectivity index (χ1v) is 7.40. The van der Waals surface area contributed by atoms with Gasteiger partial charge in [-0.05, 0) is 29.5 Å². The molecule has 3 nitrogen and oxygen atoms in total. The normalized spacial score (nSPS) is 12.8. The number of hydrogen-bond donors (Lipinski definition) is 1. The zero-order valence-electron chi connectivity index (χ0n) is 12.6. The lowest BCUT2D eigenvalue weighted by atomic mass is 9.99. The van der Waals surface area contributed by atoms with Crippen LogP contribution >= 0.6 is 0 Å². The van der Waals surface area contributed by atoms with Crippen molar-refractivity contribution in [3.05, 3.63) is 53.3 Å². The SMILES string of the molecule is CCCn1nccc1C(O)Cc1ccc(C(C)C)cc1. The second kappa shape index (κ2) is 6.71. The maximum atomic E-state index is 10.4. The molecule has 1 aromatic carbocycles. The Labute approximate surface area is 121 Å². The fourth-order valence-corrected chi connectivity index (χ4v) is 2.39. The van der Waals surface area contributed by atoms with E-state index in [2.05, 4.69) is 50.1 Å². The minimum absolute atomic E-state index is 0.492. The van der Waals surface area contributed by atoms with Gasteiger partial charge in [-0.2, -0.15) is 5.10 Å². The Kier molecular flexibility index (Phi) is 4.96. The van der Waals surface area contributed by atoms with Gasteiger partial charge in [0.15, 0.2) is 0 Å². The van der Waals surface area contributed by atoms with Crippen LogP contribution in [0.3, 0.4) is 0 Å². The number of aryl methyl sites for hydroxylation is 1. The van der Waals surface area contributed by atoms with E-state index in [1.54, 1.807) is 6.20 Å². The maximum absolute atomic E-state index is 10.4. The van der Waals surface area contributed by atoms with Gasteiger partial charge in [0, 0.05) is 19.2 Å². The molecule has 1 aromatic heterocycles. The van der Waals surface area contributed by atoms with Gasteiger partial charge >= 0.3 is 0 Å². The highest BCUT2D eigenvalue weighted by molar-refractivity contribution is 5.26. The molecular weight excluding hydrogens is 248 g/mol. The summed E-state index contributed by atoms with van der Waals surface area (Å²) >= 11 is 0. The lowest BCUT2D eigenvalue weighted by Gasteiger charge is -2.14. The van der Waals surface area contributed by atoms with E-state index in [1.807, 2.05) is 10.7 Å². The number of aliphatic hydroxyl groups excluding tert-OH is 1. The molecule has 1 unspecified atom stereocenters. The molecule has 108 valence electrons. The molecule has 0 radical (unpaired) electrons. The molecule has 1 heterocycles. The van der Waals surface area contributed by atoms with Crippen LogP contribution in [0.5, 0.6) is 0 Å². The molecule has 0 aliphatic carbocycles. The monoisotopic (exact) mass is 272 g/mol. The number of benzene rings is 1. The van der Waals surface area contributed by atoms with E-state index in [-0.39, 0.29) is 0 Å². The molecule has 0 amide bonds. The van der Waals surface area contributed by atoms with Crippen LogP contribution in [0, 0.1) is 0 Å². The van der Waals surface area contributed by atoms with Crippen molar-refractivity contribution in [2.45, 2.75) is 52.2 Å². The Hall–Kier alpha value is -1.61. The first-order chi connectivity index (χ1) is 9.61. The number of hydrogen-bond acceptors (Lipinski definition) is 2. The van der Waals surface area contributed by atoms with Crippen LogP contribution in [0.15, 0.2) is 36.5 Å². The van der Waals surface area contributed by atoms with E-state index < -0.39 is 6.10 Å². The largest absolute Gasteiger partial charge is 0.386 e. The Morgan fingerprint density at radius 3 is 2.45 bits per heavy atom. The van der Waals surface area contributed by atoms with Gasteiger partial charge in [-0.1, -0.05) is 45.0 Å². The van der Waals surface area contributed by atoms with E-state index in [1.165, 1.54) is 5.56 Å². The molecule has 0 saturated carbocycles. The smallest absolute Gasteiger partial charge is 0.0996 e. The molecule has 0 bridgehead atoms. The number of aromatic nitrogens is 2. The van der Waals surface area contributed by atoms with Crippen molar-refractivity contribution in [1.29, 1.82) is 0 Å². The maximum Gasteiger partial charge on any atom is 0.0996 e. The Bertz CT molecular complexity index is 528. The first kappa shape index (κ1) is 14.8. The number of rotatable bonds is 6. The van der Waals surface area contributed by atoms with Gasteiger partial charge in [-0.3, -0.25) is 4.68 Å². The molecule has 0 spiro atoms. The van der Waals surface area contributed by atoms with Gasteiger partial charge in [0.05, 0.1) is 11.8 Å². The van der Waals surface area contributed by atoms with Crippen LogP contribution in [0.4, 0.5) is 0 Å². The van der Waals surface area contributed by atoms with E-state index in [9.17, 15) is 5.11 Å². The molecule has 1 atom stereocenters. The van der Waals surface area contributed by atoms with Gasteiger partial charge in [0.1, 0.15) is 0 Å². The molecule has 2 aromatic rings. The highest BCUT2D eigenvalue weighted by Gasteiger charge is 2.13. The second-order valence-electron chi connectivity index (χ2n) is 5.60. The summed E-state index contributed by atoms with van der Waals surface area (Å²) in [6, 6.07) is 10.4. The van der Waals surface area contributed by atoms with E-state index >= 15 is 0 Å². The van der Waals surface area contributed by atoms with Crippen molar-refractivity contribution in [3.8, 4) is 0 Å². The third-order valence-electron chi connectivity index (χ3n) is 3.60. The van der Waals surface area contributed by atoms with Crippen LogP contribution in [0.25, 0.3) is 0 Å². The van der Waals surface area contributed by atoms with Crippen LogP contribution in [-0.4, -0.2) is 14.9 Å². The van der Waals surface area contributed by atoms with E-state index in [4.69, 9.17) is 0 Å². The molecule has 0 fully saturated rings. The molecule has 1 N–H and O–H groups in total. The van der Waals surface area contributed by atoms with Crippen LogP contribution in [0.1, 0.15) is 56.0 Å². The summed E-state index contributed by atoms with van der Waals surface area (Å²) in [6.45, 7) is 7.34. The average Bonchev–Trinajstić information content (AvgIpc) is 2.88. The predicted octanol–water partition coefficient (Wildman–Crippen LogP) is 3.69. The molecule has 2 rings (SSSR count). The molecule has 20 heavy (non-hydrogen) atoms. The first-order valence-electron chi connectivity index (χ1n) is 7.40. The minimum atomic E-state index is -0.492. The summed E-state index contributed by atoms with van der Waals surface area (Å²) in [5.41, 5.74) is 3.39. The predicted molar refractivity (Wildman–Crippen MR) is 81.7 cm³/mol. The summed E-state index contributed by atoms with van der Waals surface area (Å²) in [7, 11) is 0. The molecule has 3 heteroatoms. The third kappa shape index (κ3) is 3.48. The van der Waals surface area contributed by atoms with Crippen molar-refractivity contribution in [3.63, 3.8) is 0 Å². The fraction of sp³-hybridized carbons (Fsp3) is 0.471. The zero-order chi connectivity index (χ0) is 14.5. The molecule has 0 aliphatic rings. The highest BCUT2D eigenvalue weighted by Crippen LogP contribution is 2.20.